The monoisotopic (exact) mass is 341 g/mol. The predicted octanol–water partition coefficient (Wildman–Crippen LogP) is -1.13. The lowest BCUT2D eigenvalue weighted by molar-refractivity contribution is -0.127. The quantitative estimate of drug-likeness (QED) is 0.541. The third-order valence-corrected chi connectivity index (χ3v) is 4.31. The maximum absolute atomic E-state index is 12.4. The molecule has 24 heavy (non-hydrogen) atoms. The smallest absolute Gasteiger partial charge is 0.325 e. The molecule has 2 atom stereocenters. The molecule has 0 aromatic heterocycles. The summed E-state index contributed by atoms with van der Waals surface area (Å²) in [5.74, 6) is 0.629. The lowest BCUT2D eigenvalue weighted by atomic mass is 10.1. The van der Waals surface area contributed by atoms with E-state index in [4.69, 9.17) is 0 Å². The third kappa shape index (κ3) is 3.62. The molecule has 0 aromatic rings. The fourth-order valence-corrected chi connectivity index (χ4v) is 2.96. The van der Waals surface area contributed by atoms with Gasteiger partial charge in [0, 0.05) is 26.7 Å². The summed E-state index contributed by atoms with van der Waals surface area (Å²) < 4.78 is 0. The second-order valence-electron chi connectivity index (χ2n) is 6.50. The molecule has 0 aromatic carbocycles. The van der Waals surface area contributed by atoms with Crippen LogP contribution < -0.4 is 5.32 Å². The number of carbonyl (C=O) groups is 2. The van der Waals surface area contributed by atoms with Crippen LogP contribution in [0.1, 0.15) is 20.3 Å². The zero-order valence-electron chi connectivity index (χ0n) is 14.5. The Bertz CT molecular complexity index is 504. The highest BCUT2D eigenvalue weighted by Crippen LogP contribution is 2.26. The fraction of sp³-hybridized carbons (Fsp3) is 0.800. The summed E-state index contributed by atoms with van der Waals surface area (Å²) in [7, 11) is 1.61. The van der Waals surface area contributed by atoms with Crippen molar-refractivity contribution in [3.8, 4) is 0 Å². The third-order valence-electron chi connectivity index (χ3n) is 4.31. The molecule has 0 aliphatic carbocycles. The zero-order valence-corrected chi connectivity index (χ0v) is 14.5. The summed E-state index contributed by atoms with van der Waals surface area (Å²) >= 11 is 0. The number of amides is 3. The van der Waals surface area contributed by atoms with Crippen LogP contribution in [-0.4, -0.2) is 94.9 Å². The summed E-state index contributed by atoms with van der Waals surface area (Å²) in [6, 6.07) is -1.05. The Morgan fingerprint density at radius 1 is 1.25 bits per heavy atom. The number of likely N-dealkylation sites (N-methyl/N-ethyl adjacent to an activating group) is 1. The van der Waals surface area contributed by atoms with Crippen molar-refractivity contribution in [3.63, 3.8) is 0 Å². The minimum Gasteiger partial charge on any atom is -0.395 e. The molecule has 2 heterocycles. The number of imide groups is 1. The van der Waals surface area contributed by atoms with Crippen molar-refractivity contribution in [2.75, 3.05) is 39.9 Å². The van der Waals surface area contributed by atoms with Gasteiger partial charge in [-0.1, -0.05) is 13.8 Å². The first-order valence-corrected chi connectivity index (χ1v) is 8.29. The first-order chi connectivity index (χ1) is 11.4. The number of hydrogen-bond donors (Lipinski definition) is 3. The molecule has 2 rings (SSSR count). The predicted molar refractivity (Wildman–Crippen MR) is 88.2 cm³/mol. The van der Waals surface area contributed by atoms with Gasteiger partial charge in [-0.05, 0) is 12.3 Å². The lowest BCUT2D eigenvalue weighted by Gasteiger charge is -2.37. The number of aliphatic hydroxyl groups is 2. The molecule has 3 N–H and O–H groups in total. The number of nitrogens with one attached hydrogen (secondary N) is 1. The lowest BCUT2D eigenvalue weighted by Crippen LogP contribution is -2.64. The van der Waals surface area contributed by atoms with Gasteiger partial charge in [-0.25, -0.2) is 9.79 Å². The van der Waals surface area contributed by atoms with Crippen LogP contribution in [0, 0.1) is 5.92 Å². The minimum atomic E-state index is -0.590. The molecule has 0 saturated carbocycles. The summed E-state index contributed by atoms with van der Waals surface area (Å²) in [4.78, 5) is 33.9. The standard InChI is InChI=1S/C15H27N5O4/c1-10(2)4-5-20-11-12(18(3)15(24)17-13(11)23)16-14(20)19(6-8-21)7-9-22/h10-12,21-22H,4-9H2,1-3H3,(H,17,23,24). The average molecular weight is 341 g/mol. The fourth-order valence-electron chi connectivity index (χ4n) is 2.96. The second kappa shape index (κ2) is 7.80. The zero-order chi connectivity index (χ0) is 17.9. The van der Waals surface area contributed by atoms with Crippen molar-refractivity contribution < 1.29 is 19.8 Å². The van der Waals surface area contributed by atoms with Crippen LogP contribution in [0.5, 0.6) is 0 Å². The Morgan fingerprint density at radius 2 is 1.88 bits per heavy atom. The van der Waals surface area contributed by atoms with Crippen LogP contribution in [0.3, 0.4) is 0 Å². The molecule has 9 nitrogen and oxygen atoms in total. The van der Waals surface area contributed by atoms with E-state index in [0.717, 1.165) is 6.42 Å². The normalized spacial score (nSPS) is 23.5. The van der Waals surface area contributed by atoms with Gasteiger partial charge in [-0.3, -0.25) is 10.1 Å². The number of fused-ring (bicyclic) bond motifs is 1. The molecular formula is C15H27N5O4. The molecule has 2 aliphatic rings. The van der Waals surface area contributed by atoms with Gasteiger partial charge in [0.05, 0.1) is 13.2 Å². The van der Waals surface area contributed by atoms with Crippen molar-refractivity contribution in [2.45, 2.75) is 32.5 Å². The number of aliphatic hydroxyl groups excluding tert-OH is 2. The van der Waals surface area contributed by atoms with Crippen LogP contribution in [0.2, 0.25) is 0 Å². The van der Waals surface area contributed by atoms with Crippen molar-refractivity contribution >= 4 is 17.9 Å². The SMILES string of the molecule is CC(C)CCN1C(N(CCO)CCO)=NC2C1C(=O)NC(=O)N2C. The maximum atomic E-state index is 12.4. The van der Waals surface area contributed by atoms with Gasteiger partial charge in [-0.15, -0.1) is 0 Å². The van der Waals surface area contributed by atoms with E-state index in [1.165, 1.54) is 4.90 Å². The summed E-state index contributed by atoms with van der Waals surface area (Å²) in [6.07, 6.45) is 0.271. The van der Waals surface area contributed by atoms with Crippen LogP contribution in [0.4, 0.5) is 4.79 Å². The maximum Gasteiger partial charge on any atom is 0.325 e. The van der Waals surface area contributed by atoms with E-state index in [1.807, 2.05) is 4.90 Å². The van der Waals surface area contributed by atoms with Gasteiger partial charge >= 0.3 is 6.03 Å². The summed E-state index contributed by atoms with van der Waals surface area (Å²) in [6.45, 7) is 5.23. The molecule has 1 fully saturated rings. The van der Waals surface area contributed by atoms with Gasteiger partial charge in [0.25, 0.3) is 5.91 Å². The van der Waals surface area contributed by atoms with Gasteiger partial charge < -0.3 is 24.9 Å². The Hall–Kier alpha value is -1.87. The van der Waals surface area contributed by atoms with Crippen molar-refractivity contribution in [3.05, 3.63) is 0 Å². The molecule has 2 unspecified atom stereocenters. The molecule has 9 heteroatoms. The van der Waals surface area contributed by atoms with Gasteiger partial charge in [-0.2, -0.15) is 0 Å². The molecule has 1 saturated heterocycles. The van der Waals surface area contributed by atoms with E-state index >= 15 is 0 Å². The van der Waals surface area contributed by atoms with Crippen molar-refractivity contribution in [1.29, 1.82) is 0 Å². The highest BCUT2D eigenvalue weighted by molar-refractivity contribution is 6.03. The Balaban J connectivity index is 2.32. The molecule has 0 spiro atoms. The molecular weight excluding hydrogens is 314 g/mol. The first-order valence-electron chi connectivity index (χ1n) is 8.29. The summed E-state index contributed by atoms with van der Waals surface area (Å²) in [5.41, 5.74) is 0. The number of carbonyl (C=O) groups excluding carboxylic acids is 2. The molecule has 136 valence electrons. The van der Waals surface area contributed by atoms with E-state index in [0.29, 0.717) is 31.5 Å². The van der Waals surface area contributed by atoms with E-state index in [2.05, 4.69) is 24.2 Å². The number of rotatable bonds is 7. The van der Waals surface area contributed by atoms with Crippen molar-refractivity contribution in [1.82, 2.24) is 20.0 Å². The summed E-state index contributed by atoms with van der Waals surface area (Å²) in [5, 5.41) is 20.9. The number of guanidine groups is 1. The largest absolute Gasteiger partial charge is 0.395 e. The molecule has 3 amide bonds. The highest BCUT2D eigenvalue weighted by atomic mass is 16.3. The van der Waals surface area contributed by atoms with E-state index in [9.17, 15) is 19.8 Å². The number of aliphatic imine (C=N–C) groups is 1. The van der Waals surface area contributed by atoms with Crippen LogP contribution in [0.15, 0.2) is 4.99 Å². The van der Waals surface area contributed by atoms with Gasteiger partial charge in [0.15, 0.2) is 18.2 Å². The Morgan fingerprint density at radius 3 is 2.42 bits per heavy atom. The van der Waals surface area contributed by atoms with E-state index in [-0.39, 0.29) is 19.1 Å². The number of hydrogen-bond acceptors (Lipinski definition) is 7. The molecule has 0 radical (unpaired) electrons. The number of urea groups is 1. The van der Waals surface area contributed by atoms with Crippen LogP contribution in [0.25, 0.3) is 0 Å². The number of nitrogens with zero attached hydrogens (tertiary/aromatic N) is 4. The van der Waals surface area contributed by atoms with Crippen molar-refractivity contribution in [2.24, 2.45) is 10.9 Å². The first kappa shape index (κ1) is 18.5. The molecule has 2 aliphatic heterocycles. The Kier molecular flexibility index (Phi) is 6.00. The van der Waals surface area contributed by atoms with Crippen LogP contribution in [-0.2, 0) is 4.79 Å². The topological polar surface area (TPSA) is 109 Å². The van der Waals surface area contributed by atoms with Gasteiger partial charge in [0.2, 0.25) is 0 Å². The van der Waals surface area contributed by atoms with E-state index < -0.39 is 18.2 Å². The molecule has 0 bridgehead atoms. The average Bonchev–Trinajstić information content (AvgIpc) is 2.90. The Labute approximate surface area is 141 Å². The highest BCUT2D eigenvalue weighted by Gasteiger charge is 2.49. The minimum absolute atomic E-state index is 0.0899. The second-order valence-corrected chi connectivity index (χ2v) is 6.50. The van der Waals surface area contributed by atoms with Crippen LogP contribution >= 0.6 is 0 Å². The van der Waals surface area contributed by atoms with Gasteiger partial charge in [0.1, 0.15) is 0 Å². The van der Waals surface area contributed by atoms with E-state index in [1.54, 1.807) is 11.9 Å².